The highest BCUT2D eigenvalue weighted by molar-refractivity contribution is 7.89. The van der Waals surface area contributed by atoms with Gasteiger partial charge in [-0.25, -0.2) is 12.7 Å². The summed E-state index contributed by atoms with van der Waals surface area (Å²) < 4.78 is 28.2. The number of hydrogen-bond acceptors (Lipinski definition) is 7. The molecule has 0 unspecified atom stereocenters. The van der Waals surface area contributed by atoms with Gasteiger partial charge >= 0.3 is 0 Å². The van der Waals surface area contributed by atoms with E-state index < -0.39 is 10.0 Å². The Kier molecular flexibility index (Phi) is 5.62. The fourth-order valence-corrected chi connectivity index (χ4v) is 4.92. The molecule has 0 radical (unpaired) electrons. The van der Waals surface area contributed by atoms with Gasteiger partial charge in [0.2, 0.25) is 10.0 Å². The molecule has 0 fully saturated rings. The smallest absolute Gasteiger partial charge is 0.242 e. The highest BCUT2D eigenvalue weighted by atomic mass is 32.2. The average molecular weight is 488 g/mol. The summed E-state index contributed by atoms with van der Waals surface area (Å²) in [5.74, 6) is 1.18. The molecule has 2 heterocycles. The summed E-state index contributed by atoms with van der Waals surface area (Å²) >= 11 is 0. The zero-order valence-corrected chi connectivity index (χ0v) is 20.7. The van der Waals surface area contributed by atoms with Crippen LogP contribution in [0.5, 0.6) is 0 Å². The first-order valence-corrected chi connectivity index (χ1v) is 12.4. The highest BCUT2D eigenvalue weighted by Gasteiger charge is 2.20. The number of nitrogens with zero attached hydrogens (tertiary/aromatic N) is 6. The van der Waals surface area contributed by atoms with E-state index in [-0.39, 0.29) is 4.90 Å². The lowest BCUT2D eigenvalue weighted by atomic mass is 10.1. The van der Waals surface area contributed by atoms with Crippen molar-refractivity contribution < 1.29 is 8.42 Å². The third-order valence-electron chi connectivity index (χ3n) is 5.77. The van der Waals surface area contributed by atoms with Crippen molar-refractivity contribution in [3.8, 4) is 11.4 Å². The standard InChI is InChI=1S/C25H25N7O2S/c1-30(2)22-15-8-7-14-21(22)25-28-27-24-20-13-6-5-12-19(20)23(29-32(24)25)26-17-10-9-11-18(16-17)35(33,34)31(3)4/h5-16H,1-4H3,(H,26,29). The molecule has 0 spiro atoms. The quantitative estimate of drug-likeness (QED) is 0.387. The summed E-state index contributed by atoms with van der Waals surface area (Å²) in [7, 11) is 3.41. The van der Waals surface area contributed by atoms with Gasteiger partial charge in [0.05, 0.1) is 4.90 Å². The molecule has 5 aromatic rings. The molecule has 10 heteroatoms. The van der Waals surface area contributed by atoms with Gasteiger partial charge in [-0.3, -0.25) is 0 Å². The zero-order valence-electron chi connectivity index (χ0n) is 19.8. The van der Waals surface area contributed by atoms with Gasteiger partial charge < -0.3 is 10.2 Å². The minimum atomic E-state index is -3.57. The van der Waals surface area contributed by atoms with Crippen LogP contribution in [0.25, 0.3) is 27.8 Å². The van der Waals surface area contributed by atoms with E-state index >= 15 is 0 Å². The number of sulfonamides is 1. The van der Waals surface area contributed by atoms with Crippen LogP contribution in [0, 0.1) is 0 Å². The molecule has 0 amide bonds. The Bertz CT molecular complexity index is 1660. The van der Waals surface area contributed by atoms with Gasteiger partial charge in [-0.15, -0.1) is 15.3 Å². The molecule has 3 aromatic carbocycles. The van der Waals surface area contributed by atoms with Crippen LogP contribution in [-0.4, -0.2) is 60.7 Å². The number of rotatable bonds is 6. The van der Waals surface area contributed by atoms with Crippen LogP contribution < -0.4 is 10.2 Å². The molecule has 178 valence electrons. The zero-order chi connectivity index (χ0) is 24.7. The number of aromatic nitrogens is 4. The van der Waals surface area contributed by atoms with Crippen LogP contribution in [0.4, 0.5) is 17.2 Å². The normalized spacial score (nSPS) is 11.9. The minimum Gasteiger partial charge on any atom is -0.377 e. The number of anilines is 3. The van der Waals surface area contributed by atoms with Crippen molar-refractivity contribution in [1.29, 1.82) is 0 Å². The minimum absolute atomic E-state index is 0.197. The maximum atomic E-state index is 12.6. The van der Waals surface area contributed by atoms with E-state index in [1.54, 1.807) is 22.7 Å². The Morgan fingerprint density at radius 2 is 1.54 bits per heavy atom. The molecule has 9 nitrogen and oxygen atoms in total. The Hall–Kier alpha value is -4.02. The van der Waals surface area contributed by atoms with Gasteiger partial charge in [0.1, 0.15) is 0 Å². The van der Waals surface area contributed by atoms with Crippen molar-refractivity contribution in [2.75, 3.05) is 38.4 Å². The second-order valence-electron chi connectivity index (χ2n) is 8.51. The maximum absolute atomic E-state index is 12.6. The lowest BCUT2D eigenvalue weighted by Gasteiger charge is -2.16. The van der Waals surface area contributed by atoms with E-state index in [0.717, 1.165) is 22.0 Å². The molecule has 0 aliphatic carbocycles. The Balaban J connectivity index is 1.69. The third-order valence-corrected chi connectivity index (χ3v) is 7.58. The second kappa shape index (κ2) is 8.64. The van der Waals surface area contributed by atoms with Gasteiger partial charge in [0.15, 0.2) is 17.3 Å². The lowest BCUT2D eigenvalue weighted by Crippen LogP contribution is -2.22. The first kappa shape index (κ1) is 22.8. The van der Waals surface area contributed by atoms with E-state index in [9.17, 15) is 8.42 Å². The molecule has 1 N–H and O–H groups in total. The molecular formula is C25H25N7O2S. The summed E-state index contributed by atoms with van der Waals surface area (Å²) in [5.41, 5.74) is 3.14. The van der Waals surface area contributed by atoms with E-state index in [0.29, 0.717) is 23.0 Å². The van der Waals surface area contributed by atoms with E-state index in [1.807, 2.05) is 73.6 Å². The number of para-hydroxylation sites is 1. The van der Waals surface area contributed by atoms with Gasteiger partial charge in [-0.05, 0) is 30.3 Å². The molecule has 0 saturated carbocycles. The lowest BCUT2D eigenvalue weighted by molar-refractivity contribution is 0.521. The van der Waals surface area contributed by atoms with Gasteiger partial charge in [-0.1, -0.05) is 42.5 Å². The summed E-state index contributed by atoms with van der Waals surface area (Å²) in [6, 6.07) is 22.4. The van der Waals surface area contributed by atoms with Gasteiger partial charge in [0.25, 0.3) is 0 Å². The van der Waals surface area contributed by atoms with Crippen molar-refractivity contribution >= 4 is 43.6 Å². The first-order chi connectivity index (χ1) is 16.8. The maximum Gasteiger partial charge on any atom is 0.242 e. The van der Waals surface area contributed by atoms with E-state index in [4.69, 9.17) is 5.10 Å². The fraction of sp³-hybridized carbons (Fsp3) is 0.160. The summed E-state index contributed by atoms with van der Waals surface area (Å²) in [4.78, 5) is 2.22. The molecular weight excluding hydrogens is 462 g/mol. The Morgan fingerprint density at radius 1 is 0.829 bits per heavy atom. The van der Waals surface area contributed by atoms with Gasteiger partial charge in [0, 0.05) is 55.9 Å². The Labute approximate surface area is 203 Å². The summed E-state index contributed by atoms with van der Waals surface area (Å²) in [6.07, 6.45) is 0. The summed E-state index contributed by atoms with van der Waals surface area (Å²) in [5, 5.41) is 18.8. The average Bonchev–Trinajstić information content (AvgIpc) is 3.28. The van der Waals surface area contributed by atoms with E-state index in [1.165, 1.54) is 18.4 Å². The fourth-order valence-electron chi connectivity index (χ4n) is 3.98. The number of fused-ring (bicyclic) bond motifs is 3. The second-order valence-corrected chi connectivity index (χ2v) is 10.7. The topological polar surface area (TPSA) is 95.7 Å². The van der Waals surface area contributed by atoms with Crippen LogP contribution in [0.1, 0.15) is 0 Å². The van der Waals surface area contributed by atoms with E-state index in [2.05, 4.69) is 15.5 Å². The molecule has 0 saturated heterocycles. The van der Waals surface area contributed by atoms with Crippen LogP contribution in [0.2, 0.25) is 0 Å². The summed E-state index contributed by atoms with van der Waals surface area (Å²) in [6.45, 7) is 0. The van der Waals surface area contributed by atoms with Crippen molar-refractivity contribution in [2.24, 2.45) is 0 Å². The largest absolute Gasteiger partial charge is 0.377 e. The molecule has 0 aliphatic rings. The van der Waals surface area contributed by atoms with Crippen molar-refractivity contribution in [1.82, 2.24) is 24.1 Å². The predicted octanol–water partition coefficient (Wildman–Crippen LogP) is 4.00. The monoisotopic (exact) mass is 487 g/mol. The van der Waals surface area contributed by atoms with Crippen molar-refractivity contribution in [3.05, 3.63) is 72.8 Å². The highest BCUT2D eigenvalue weighted by Crippen LogP contribution is 2.32. The van der Waals surface area contributed by atoms with Crippen molar-refractivity contribution in [3.63, 3.8) is 0 Å². The SMILES string of the molecule is CN(C)c1ccccc1-c1nnc2c3ccccc3c(Nc3cccc(S(=O)(=O)N(C)C)c3)nn12. The number of hydrogen-bond donors (Lipinski definition) is 1. The third kappa shape index (κ3) is 3.96. The molecule has 2 aromatic heterocycles. The number of benzene rings is 3. The van der Waals surface area contributed by atoms with Crippen LogP contribution >= 0.6 is 0 Å². The molecule has 0 atom stereocenters. The van der Waals surface area contributed by atoms with Gasteiger partial charge in [-0.2, -0.15) is 4.52 Å². The number of nitrogens with one attached hydrogen (secondary N) is 1. The van der Waals surface area contributed by atoms with Crippen LogP contribution in [0.15, 0.2) is 77.7 Å². The van der Waals surface area contributed by atoms with Crippen LogP contribution in [-0.2, 0) is 10.0 Å². The van der Waals surface area contributed by atoms with Crippen molar-refractivity contribution in [2.45, 2.75) is 4.90 Å². The molecule has 5 rings (SSSR count). The molecule has 0 bridgehead atoms. The Morgan fingerprint density at radius 3 is 2.29 bits per heavy atom. The molecule has 35 heavy (non-hydrogen) atoms. The predicted molar refractivity (Wildman–Crippen MR) is 139 cm³/mol. The molecule has 0 aliphatic heterocycles. The van der Waals surface area contributed by atoms with Crippen LogP contribution in [0.3, 0.4) is 0 Å². The first-order valence-electron chi connectivity index (χ1n) is 11.0.